The molecule has 5 nitrogen and oxygen atoms in total. The average Bonchev–Trinajstić information content (AvgIpc) is 2.70. The molecule has 0 N–H and O–H groups in total. The predicted octanol–water partition coefficient (Wildman–Crippen LogP) is 2.26. The van der Waals surface area contributed by atoms with Gasteiger partial charge >= 0.3 is 0 Å². The Balaban J connectivity index is 2.06. The van der Waals surface area contributed by atoms with Crippen molar-refractivity contribution in [3.63, 3.8) is 0 Å². The van der Waals surface area contributed by atoms with Crippen molar-refractivity contribution < 1.29 is 14.1 Å². The van der Waals surface area contributed by atoms with Crippen molar-refractivity contribution in [1.82, 2.24) is 10.1 Å². The van der Waals surface area contributed by atoms with E-state index in [1.165, 1.54) is 0 Å². The fraction of sp³-hybridized carbons (Fsp3) is 0.769. The molecule has 1 saturated carbocycles. The molecule has 100 valence electrons. The van der Waals surface area contributed by atoms with E-state index in [0.29, 0.717) is 24.6 Å². The van der Waals surface area contributed by atoms with Crippen LogP contribution in [-0.2, 0) is 16.0 Å². The first-order valence-corrected chi connectivity index (χ1v) is 6.58. The lowest BCUT2D eigenvalue weighted by atomic mass is 9.99. The van der Waals surface area contributed by atoms with Crippen molar-refractivity contribution in [3.05, 3.63) is 11.7 Å². The van der Waals surface area contributed by atoms with E-state index in [4.69, 9.17) is 9.26 Å². The number of carbonyl (C=O) groups is 1. The molecule has 1 heterocycles. The predicted molar refractivity (Wildman–Crippen MR) is 65.3 cm³/mol. The van der Waals surface area contributed by atoms with Crippen molar-refractivity contribution in [2.75, 3.05) is 7.11 Å². The Labute approximate surface area is 107 Å². The van der Waals surface area contributed by atoms with Crippen LogP contribution in [0.15, 0.2) is 4.52 Å². The van der Waals surface area contributed by atoms with Crippen LogP contribution < -0.4 is 0 Å². The first kappa shape index (κ1) is 13.2. The Kier molecular flexibility index (Phi) is 4.47. The second kappa shape index (κ2) is 6.09. The van der Waals surface area contributed by atoms with Gasteiger partial charge in [0.25, 0.3) is 0 Å². The van der Waals surface area contributed by atoms with Crippen molar-refractivity contribution in [2.45, 2.75) is 57.5 Å². The lowest BCUT2D eigenvalue weighted by Gasteiger charge is -2.06. The molecule has 0 saturated heterocycles. The Hall–Kier alpha value is -1.23. The van der Waals surface area contributed by atoms with Gasteiger partial charge in [0, 0.05) is 20.0 Å². The number of nitrogens with zero attached hydrogens (tertiary/aromatic N) is 2. The molecule has 1 fully saturated rings. The monoisotopic (exact) mass is 252 g/mol. The summed E-state index contributed by atoms with van der Waals surface area (Å²) in [6.07, 6.45) is 5.29. The fourth-order valence-electron chi connectivity index (χ4n) is 2.25. The van der Waals surface area contributed by atoms with Crippen molar-refractivity contribution in [2.24, 2.45) is 0 Å². The van der Waals surface area contributed by atoms with Gasteiger partial charge in [-0.05, 0) is 19.8 Å². The Bertz CT molecular complexity index is 403. The van der Waals surface area contributed by atoms with Gasteiger partial charge in [0.05, 0.1) is 12.0 Å². The minimum Gasteiger partial charge on any atom is -0.381 e. The van der Waals surface area contributed by atoms with Gasteiger partial charge < -0.3 is 9.26 Å². The zero-order valence-corrected chi connectivity index (χ0v) is 11.0. The molecule has 1 aromatic heterocycles. The van der Waals surface area contributed by atoms with Gasteiger partial charge in [0.2, 0.25) is 5.89 Å². The number of Topliss-reactive ketones (excluding diaryl/α,β-unsaturated/α-hetero) is 1. The number of methoxy groups -OCH3 is 1. The maximum atomic E-state index is 11.9. The quantitative estimate of drug-likeness (QED) is 0.769. The summed E-state index contributed by atoms with van der Waals surface area (Å²) < 4.78 is 10.4. The first-order valence-electron chi connectivity index (χ1n) is 6.58. The zero-order chi connectivity index (χ0) is 13.0. The molecule has 18 heavy (non-hydrogen) atoms. The molecule has 2 rings (SSSR count). The van der Waals surface area contributed by atoms with E-state index < -0.39 is 0 Å². The highest BCUT2D eigenvalue weighted by atomic mass is 16.5. The van der Waals surface area contributed by atoms with Crippen LogP contribution in [0.5, 0.6) is 0 Å². The number of rotatable bonds is 4. The highest BCUT2D eigenvalue weighted by Crippen LogP contribution is 2.28. The molecule has 1 aliphatic carbocycles. The summed E-state index contributed by atoms with van der Waals surface area (Å²) >= 11 is 0. The van der Waals surface area contributed by atoms with Crippen LogP contribution >= 0.6 is 0 Å². The van der Waals surface area contributed by atoms with Crippen LogP contribution in [0.25, 0.3) is 0 Å². The smallest absolute Gasteiger partial charge is 0.237 e. The van der Waals surface area contributed by atoms with Gasteiger partial charge in [0.15, 0.2) is 5.82 Å². The molecule has 0 radical (unpaired) electrons. The molecule has 0 spiro atoms. The summed E-state index contributed by atoms with van der Waals surface area (Å²) in [7, 11) is 1.65. The number of ketones is 1. The standard InChI is InChI=1S/C13H20N2O3/c1-9(17-2)8-12-14-13(18-15-12)10-6-4-3-5-7-11(10)16/h9-10H,3-8H2,1-2H3. The topological polar surface area (TPSA) is 65.2 Å². The molecule has 1 aliphatic rings. The lowest BCUT2D eigenvalue weighted by Crippen LogP contribution is -2.12. The number of aromatic nitrogens is 2. The second-order valence-electron chi connectivity index (χ2n) is 4.92. The van der Waals surface area contributed by atoms with Gasteiger partial charge in [-0.3, -0.25) is 4.79 Å². The normalized spacial score (nSPS) is 22.8. The molecule has 2 unspecified atom stereocenters. The second-order valence-corrected chi connectivity index (χ2v) is 4.92. The van der Waals surface area contributed by atoms with Crippen LogP contribution in [0.3, 0.4) is 0 Å². The largest absolute Gasteiger partial charge is 0.381 e. The van der Waals surface area contributed by atoms with Crippen LogP contribution in [0.1, 0.15) is 56.7 Å². The van der Waals surface area contributed by atoms with Crippen LogP contribution in [-0.4, -0.2) is 29.1 Å². The van der Waals surface area contributed by atoms with E-state index in [2.05, 4.69) is 10.1 Å². The third-order valence-electron chi connectivity index (χ3n) is 3.46. The molecule has 1 aromatic rings. The summed E-state index contributed by atoms with van der Waals surface area (Å²) in [6.45, 7) is 1.95. The maximum Gasteiger partial charge on any atom is 0.237 e. The summed E-state index contributed by atoms with van der Waals surface area (Å²) in [4.78, 5) is 16.3. The van der Waals surface area contributed by atoms with E-state index >= 15 is 0 Å². The summed E-state index contributed by atoms with van der Waals surface area (Å²) in [5.74, 6) is 1.16. The third-order valence-corrected chi connectivity index (χ3v) is 3.46. The summed E-state index contributed by atoms with van der Waals surface area (Å²) in [5.41, 5.74) is 0. The van der Waals surface area contributed by atoms with E-state index in [-0.39, 0.29) is 17.8 Å². The molecule has 5 heteroatoms. The number of carbonyl (C=O) groups excluding carboxylic acids is 1. The van der Waals surface area contributed by atoms with E-state index in [0.717, 1.165) is 25.7 Å². The molecule has 2 atom stereocenters. The van der Waals surface area contributed by atoms with Crippen LogP contribution in [0.2, 0.25) is 0 Å². The van der Waals surface area contributed by atoms with Gasteiger partial charge in [-0.2, -0.15) is 4.98 Å². The summed E-state index contributed by atoms with van der Waals surface area (Å²) in [5, 5.41) is 3.93. The Morgan fingerprint density at radius 1 is 1.44 bits per heavy atom. The minimum absolute atomic E-state index is 0.0558. The highest BCUT2D eigenvalue weighted by molar-refractivity contribution is 5.84. The molecule has 0 aromatic carbocycles. The number of ether oxygens (including phenoxy) is 1. The number of hydrogen-bond acceptors (Lipinski definition) is 5. The van der Waals surface area contributed by atoms with E-state index in [1.807, 2.05) is 6.92 Å². The van der Waals surface area contributed by atoms with Crippen LogP contribution in [0.4, 0.5) is 0 Å². The zero-order valence-electron chi connectivity index (χ0n) is 11.0. The molecular weight excluding hydrogens is 232 g/mol. The maximum absolute atomic E-state index is 11.9. The first-order chi connectivity index (χ1) is 8.70. The van der Waals surface area contributed by atoms with Gasteiger partial charge in [-0.1, -0.05) is 18.0 Å². The Morgan fingerprint density at radius 3 is 3.06 bits per heavy atom. The molecule has 0 bridgehead atoms. The van der Waals surface area contributed by atoms with Crippen molar-refractivity contribution in [3.8, 4) is 0 Å². The highest BCUT2D eigenvalue weighted by Gasteiger charge is 2.27. The third kappa shape index (κ3) is 3.16. The number of hydrogen-bond donors (Lipinski definition) is 0. The van der Waals surface area contributed by atoms with Gasteiger partial charge in [-0.15, -0.1) is 0 Å². The molecule has 0 aliphatic heterocycles. The minimum atomic E-state index is -0.188. The SMILES string of the molecule is COC(C)Cc1noc(C2CCCCCC2=O)n1. The van der Waals surface area contributed by atoms with E-state index in [1.54, 1.807) is 7.11 Å². The van der Waals surface area contributed by atoms with Crippen LogP contribution in [0, 0.1) is 0 Å². The molecular formula is C13H20N2O3. The lowest BCUT2D eigenvalue weighted by molar-refractivity contribution is -0.120. The Morgan fingerprint density at radius 2 is 2.28 bits per heavy atom. The van der Waals surface area contributed by atoms with Crippen molar-refractivity contribution in [1.29, 1.82) is 0 Å². The van der Waals surface area contributed by atoms with Crippen molar-refractivity contribution >= 4 is 5.78 Å². The summed E-state index contributed by atoms with van der Waals surface area (Å²) in [6, 6.07) is 0. The van der Waals surface area contributed by atoms with Gasteiger partial charge in [-0.25, -0.2) is 0 Å². The molecule has 0 amide bonds. The van der Waals surface area contributed by atoms with Gasteiger partial charge in [0.1, 0.15) is 5.78 Å². The van der Waals surface area contributed by atoms with E-state index in [9.17, 15) is 4.79 Å². The average molecular weight is 252 g/mol. The fourth-order valence-corrected chi connectivity index (χ4v) is 2.25.